The first-order valence-corrected chi connectivity index (χ1v) is 8.00. The zero-order chi connectivity index (χ0) is 14.7. The lowest BCUT2D eigenvalue weighted by Gasteiger charge is -2.30. The van der Waals surface area contributed by atoms with Gasteiger partial charge in [-0.05, 0) is 49.0 Å². The molecule has 1 heterocycles. The largest absolute Gasteiger partial charge is 0.281 e. The van der Waals surface area contributed by atoms with Gasteiger partial charge in [-0.25, -0.2) is 0 Å². The Bertz CT molecular complexity index is 616. The van der Waals surface area contributed by atoms with Crippen LogP contribution in [0.15, 0.2) is 70.8 Å². The van der Waals surface area contributed by atoms with E-state index in [2.05, 4.69) is 68.5 Å². The second-order valence-electron chi connectivity index (χ2n) is 5.89. The Labute approximate surface area is 127 Å². The summed E-state index contributed by atoms with van der Waals surface area (Å²) in [4.78, 5) is 4.94. The van der Waals surface area contributed by atoms with E-state index < -0.39 is 0 Å². The van der Waals surface area contributed by atoms with Gasteiger partial charge in [0.2, 0.25) is 0 Å². The van der Waals surface area contributed by atoms with Crippen LogP contribution in [-0.2, 0) is 0 Å². The topological polar surface area (TPSA) is 12.4 Å². The van der Waals surface area contributed by atoms with Gasteiger partial charge in [0.05, 0.1) is 11.8 Å². The molecule has 1 aliphatic carbocycles. The first-order valence-electron chi connectivity index (χ1n) is 8.00. The minimum Gasteiger partial charge on any atom is -0.281 e. The van der Waals surface area contributed by atoms with Crippen LogP contribution in [0.1, 0.15) is 38.7 Å². The van der Waals surface area contributed by atoms with E-state index >= 15 is 0 Å². The van der Waals surface area contributed by atoms with E-state index in [0.29, 0.717) is 12.0 Å². The minimum absolute atomic E-state index is 0.358. The van der Waals surface area contributed by atoms with Gasteiger partial charge >= 0.3 is 0 Å². The Balaban J connectivity index is 2.01. The molecular formula is C20H23N. The molecule has 0 bridgehead atoms. The minimum atomic E-state index is 0.358. The molecule has 0 aromatic heterocycles. The van der Waals surface area contributed by atoms with E-state index in [-0.39, 0.29) is 0 Å². The van der Waals surface area contributed by atoms with Gasteiger partial charge in [0, 0.05) is 5.92 Å². The van der Waals surface area contributed by atoms with E-state index in [0.717, 1.165) is 25.0 Å². The van der Waals surface area contributed by atoms with E-state index in [9.17, 15) is 0 Å². The Morgan fingerprint density at radius 1 is 1.19 bits per heavy atom. The van der Waals surface area contributed by atoms with Crippen LogP contribution in [0, 0.1) is 5.92 Å². The summed E-state index contributed by atoms with van der Waals surface area (Å²) >= 11 is 0. The van der Waals surface area contributed by atoms with Crippen molar-refractivity contribution in [2.45, 2.75) is 39.2 Å². The van der Waals surface area contributed by atoms with E-state index in [1.54, 1.807) is 0 Å². The summed E-state index contributed by atoms with van der Waals surface area (Å²) in [5, 5.41) is 0. The van der Waals surface area contributed by atoms with Crippen molar-refractivity contribution in [1.82, 2.24) is 0 Å². The second kappa shape index (κ2) is 6.26. The first-order chi connectivity index (χ1) is 10.3. The number of dihydropyridines is 1. The summed E-state index contributed by atoms with van der Waals surface area (Å²) in [6, 6.07) is 10.9. The van der Waals surface area contributed by atoms with Crippen LogP contribution >= 0.6 is 0 Å². The summed E-state index contributed by atoms with van der Waals surface area (Å²) < 4.78 is 0. The molecule has 21 heavy (non-hydrogen) atoms. The molecule has 3 rings (SSSR count). The van der Waals surface area contributed by atoms with Crippen molar-refractivity contribution in [3.63, 3.8) is 0 Å². The number of hydrogen-bond acceptors (Lipinski definition) is 1. The van der Waals surface area contributed by atoms with E-state index in [1.165, 1.54) is 16.7 Å². The molecule has 0 spiro atoms. The Hall–Kier alpha value is -1.89. The summed E-state index contributed by atoms with van der Waals surface area (Å²) in [6.45, 7) is 4.53. The maximum absolute atomic E-state index is 4.94. The third kappa shape index (κ3) is 2.92. The molecule has 1 aliphatic heterocycles. The van der Waals surface area contributed by atoms with E-state index in [1.807, 2.05) is 0 Å². The highest BCUT2D eigenvalue weighted by molar-refractivity contribution is 6.10. The lowest BCUT2D eigenvalue weighted by atomic mass is 9.80. The number of hydrogen-bond donors (Lipinski definition) is 0. The molecule has 0 amide bonds. The van der Waals surface area contributed by atoms with Gasteiger partial charge in [-0.2, -0.15) is 0 Å². The molecule has 0 N–H and O–H groups in total. The van der Waals surface area contributed by atoms with Gasteiger partial charge in [0.25, 0.3) is 0 Å². The number of benzene rings is 1. The lowest BCUT2D eigenvalue weighted by Crippen LogP contribution is -2.25. The van der Waals surface area contributed by atoms with Crippen molar-refractivity contribution in [3.05, 3.63) is 71.3 Å². The van der Waals surface area contributed by atoms with Crippen LogP contribution in [0.25, 0.3) is 0 Å². The number of nitrogens with zero attached hydrogens (tertiary/aromatic N) is 1. The molecule has 1 nitrogen and oxygen atoms in total. The van der Waals surface area contributed by atoms with Crippen LogP contribution in [0.2, 0.25) is 0 Å². The zero-order valence-corrected chi connectivity index (χ0v) is 12.9. The fourth-order valence-electron chi connectivity index (χ4n) is 3.36. The number of rotatable bonds is 3. The predicted molar refractivity (Wildman–Crippen MR) is 90.8 cm³/mol. The standard InChI is InChI=1S/C20H23N/c1-3-18-15(2)21-20(17-12-8-5-9-13-17)14-19(18)16-10-6-4-7-11-16/h4-6,8-10,12-15,18H,3,7,11H2,1-2H3/t15?,18-/m0/s1. The van der Waals surface area contributed by atoms with Crippen molar-refractivity contribution in [1.29, 1.82) is 0 Å². The lowest BCUT2D eigenvalue weighted by molar-refractivity contribution is 0.492. The van der Waals surface area contributed by atoms with Crippen LogP contribution in [0.3, 0.4) is 0 Å². The highest BCUT2D eigenvalue weighted by atomic mass is 14.8. The van der Waals surface area contributed by atoms with Gasteiger partial charge in [-0.1, -0.05) is 55.5 Å². The summed E-state index contributed by atoms with van der Waals surface area (Å²) in [6.07, 6.45) is 12.5. The zero-order valence-electron chi connectivity index (χ0n) is 12.9. The Morgan fingerprint density at radius 3 is 2.67 bits per heavy atom. The highest BCUT2D eigenvalue weighted by Crippen LogP contribution is 2.34. The van der Waals surface area contributed by atoms with Gasteiger partial charge in [-0.3, -0.25) is 4.99 Å². The molecule has 1 heteroatoms. The molecule has 2 aliphatic rings. The molecule has 108 valence electrons. The summed E-state index contributed by atoms with van der Waals surface area (Å²) in [5.41, 5.74) is 5.37. The van der Waals surface area contributed by atoms with Crippen LogP contribution in [0.5, 0.6) is 0 Å². The number of aliphatic imine (C=N–C) groups is 1. The fraction of sp³-hybridized carbons (Fsp3) is 0.350. The monoisotopic (exact) mass is 277 g/mol. The maximum Gasteiger partial charge on any atom is 0.0653 e. The Kier molecular flexibility index (Phi) is 4.19. The third-order valence-corrected chi connectivity index (χ3v) is 4.51. The van der Waals surface area contributed by atoms with Gasteiger partial charge < -0.3 is 0 Å². The predicted octanol–water partition coefficient (Wildman–Crippen LogP) is 5.11. The van der Waals surface area contributed by atoms with Gasteiger partial charge in [-0.15, -0.1) is 0 Å². The Morgan fingerprint density at radius 2 is 2.00 bits per heavy atom. The third-order valence-electron chi connectivity index (χ3n) is 4.51. The van der Waals surface area contributed by atoms with Crippen LogP contribution in [-0.4, -0.2) is 11.8 Å². The molecule has 0 saturated carbocycles. The second-order valence-corrected chi connectivity index (χ2v) is 5.89. The summed E-state index contributed by atoms with van der Waals surface area (Å²) in [7, 11) is 0. The van der Waals surface area contributed by atoms with Crippen molar-refractivity contribution in [2.24, 2.45) is 10.9 Å². The van der Waals surface area contributed by atoms with Crippen LogP contribution < -0.4 is 0 Å². The van der Waals surface area contributed by atoms with Gasteiger partial charge in [0.1, 0.15) is 0 Å². The molecule has 0 radical (unpaired) electrons. The van der Waals surface area contributed by atoms with E-state index in [4.69, 9.17) is 4.99 Å². The molecule has 0 fully saturated rings. The van der Waals surface area contributed by atoms with Crippen molar-refractivity contribution in [3.8, 4) is 0 Å². The number of allylic oxidation sites excluding steroid dienone is 5. The van der Waals surface area contributed by atoms with Crippen LogP contribution in [0.4, 0.5) is 0 Å². The average molecular weight is 277 g/mol. The van der Waals surface area contributed by atoms with Crippen molar-refractivity contribution < 1.29 is 0 Å². The first kappa shape index (κ1) is 14.1. The smallest absolute Gasteiger partial charge is 0.0653 e. The SMILES string of the molecule is CC[C@@H]1C(C2=CC=CCC2)=CC(c2ccccc2)=NC1C. The summed E-state index contributed by atoms with van der Waals surface area (Å²) in [5.74, 6) is 0.551. The molecule has 2 atom stereocenters. The molecular weight excluding hydrogens is 254 g/mol. The van der Waals surface area contributed by atoms with Crippen molar-refractivity contribution >= 4 is 5.71 Å². The molecule has 1 unspecified atom stereocenters. The molecule has 1 aromatic rings. The molecule has 1 aromatic carbocycles. The van der Waals surface area contributed by atoms with Crippen molar-refractivity contribution in [2.75, 3.05) is 0 Å². The quantitative estimate of drug-likeness (QED) is 0.728. The van der Waals surface area contributed by atoms with Gasteiger partial charge in [0.15, 0.2) is 0 Å². The maximum atomic E-state index is 4.94. The average Bonchev–Trinajstić information content (AvgIpc) is 2.55. The highest BCUT2D eigenvalue weighted by Gasteiger charge is 2.26. The normalized spacial score (nSPS) is 25.1. The fourth-order valence-corrected chi connectivity index (χ4v) is 3.36. The molecule has 0 saturated heterocycles.